The Bertz CT molecular complexity index is 940. The molecule has 3 rings (SSSR count). The maximum Gasteiger partial charge on any atom is 0.387 e. The van der Waals surface area contributed by atoms with Crippen molar-refractivity contribution in [2.75, 3.05) is 5.73 Å². The highest BCUT2D eigenvalue weighted by Crippen LogP contribution is 2.26. The Morgan fingerprint density at radius 1 is 1.30 bits per heavy atom. The summed E-state index contributed by atoms with van der Waals surface area (Å²) in [6.07, 6.45) is 1.59. The van der Waals surface area contributed by atoms with Gasteiger partial charge in [0.05, 0.1) is 16.9 Å². The van der Waals surface area contributed by atoms with E-state index in [1.807, 2.05) is 0 Å². The molecule has 0 radical (unpaired) electrons. The summed E-state index contributed by atoms with van der Waals surface area (Å²) in [5.41, 5.74) is 6.53. The molecule has 2 heterocycles. The van der Waals surface area contributed by atoms with Crippen molar-refractivity contribution in [2.45, 2.75) is 13.5 Å². The van der Waals surface area contributed by atoms with E-state index in [-0.39, 0.29) is 11.6 Å². The highest BCUT2D eigenvalue weighted by molar-refractivity contribution is 5.90. The van der Waals surface area contributed by atoms with Gasteiger partial charge in [-0.25, -0.2) is 4.79 Å². The molecule has 3 aromatic rings. The number of aromatic nitrogens is 3. The Balaban J connectivity index is 2.36. The first-order valence-electron chi connectivity index (χ1n) is 6.66. The van der Waals surface area contributed by atoms with Crippen LogP contribution in [0.15, 0.2) is 41.3 Å². The number of aryl methyl sites for hydroxylation is 1. The summed E-state index contributed by atoms with van der Waals surface area (Å²) in [6.45, 7) is -1.24. The zero-order valence-corrected chi connectivity index (χ0v) is 12.0. The number of hydrogen-bond acceptors (Lipinski definition) is 5. The molecule has 0 saturated carbocycles. The minimum atomic E-state index is -2.97. The average Bonchev–Trinajstić information content (AvgIpc) is 2.48. The van der Waals surface area contributed by atoms with E-state index >= 15 is 0 Å². The molecule has 6 nitrogen and oxygen atoms in total. The molecule has 2 N–H and O–H groups in total. The van der Waals surface area contributed by atoms with Crippen LogP contribution in [0.1, 0.15) is 5.69 Å². The van der Waals surface area contributed by atoms with E-state index < -0.39 is 12.3 Å². The third kappa shape index (κ3) is 2.70. The fourth-order valence-electron chi connectivity index (χ4n) is 2.35. The zero-order valence-electron chi connectivity index (χ0n) is 12.0. The van der Waals surface area contributed by atoms with Gasteiger partial charge in [-0.1, -0.05) is 0 Å². The lowest BCUT2D eigenvalue weighted by atomic mass is 10.2. The average molecular weight is 318 g/mol. The number of nitrogens with two attached hydrogens (primary N) is 1. The topological polar surface area (TPSA) is 83.0 Å². The van der Waals surface area contributed by atoms with E-state index in [1.54, 1.807) is 25.3 Å². The van der Waals surface area contributed by atoms with Crippen LogP contribution in [0, 0.1) is 6.92 Å². The number of rotatable bonds is 3. The van der Waals surface area contributed by atoms with Gasteiger partial charge in [0.1, 0.15) is 11.6 Å². The van der Waals surface area contributed by atoms with E-state index in [9.17, 15) is 13.6 Å². The van der Waals surface area contributed by atoms with Gasteiger partial charge in [0.25, 0.3) is 0 Å². The molecule has 0 amide bonds. The highest BCUT2D eigenvalue weighted by Gasteiger charge is 2.14. The molecule has 1 aromatic carbocycles. The second-order valence-corrected chi connectivity index (χ2v) is 4.78. The van der Waals surface area contributed by atoms with Gasteiger partial charge in [-0.2, -0.15) is 13.8 Å². The molecule has 0 saturated heterocycles. The first-order valence-corrected chi connectivity index (χ1v) is 6.66. The van der Waals surface area contributed by atoms with Crippen molar-refractivity contribution in [1.82, 2.24) is 14.5 Å². The minimum absolute atomic E-state index is 0.0198. The number of fused-ring (bicyclic) bond motifs is 1. The van der Waals surface area contributed by atoms with Crippen LogP contribution in [-0.2, 0) is 0 Å². The largest absolute Gasteiger partial charge is 0.435 e. The highest BCUT2D eigenvalue weighted by atomic mass is 19.3. The molecule has 0 bridgehead atoms. The third-order valence-corrected chi connectivity index (χ3v) is 3.34. The van der Waals surface area contributed by atoms with Crippen LogP contribution in [0.2, 0.25) is 0 Å². The van der Waals surface area contributed by atoms with Gasteiger partial charge in [-0.05, 0) is 31.2 Å². The van der Waals surface area contributed by atoms with Gasteiger partial charge in [0, 0.05) is 17.6 Å². The molecule has 0 unspecified atom stereocenters. The number of anilines is 1. The van der Waals surface area contributed by atoms with Crippen molar-refractivity contribution >= 4 is 16.7 Å². The quantitative estimate of drug-likeness (QED) is 0.801. The lowest BCUT2D eigenvalue weighted by Gasteiger charge is -2.13. The predicted molar refractivity (Wildman–Crippen MR) is 80.9 cm³/mol. The standard InChI is InChI=1S/C15H12F2N4O2/c1-8-11(3-2-6-19-8)21-12-7-9(23-14(16)17)4-5-10(12)13(18)20-15(21)22/h2-7,14H,1H3,(H2,18,20,22). The van der Waals surface area contributed by atoms with Crippen LogP contribution in [-0.4, -0.2) is 21.1 Å². The number of ether oxygens (including phenoxy) is 1. The summed E-state index contributed by atoms with van der Waals surface area (Å²) < 4.78 is 30.5. The number of pyridine rings is 1. The smallest absolute Gasteiger partial charge is 0.387 e. The first-order chi connectivity index (χ1) is 11.0. The zero-order chi connectivity index (χ0) is 16.6. The van der Waals surface area contributed by atoms with Crippen molar-refractivity contribution < 1.29 is 13.5 Å². The molecule has 0 aliphatic heterocycles. The maximum atomic E-state index is 12.4. The minimum Gasteiger partial charge on any atom is -0.435 e. The second-order valence-electron chi connectivity index (χ2n) is 4.78. The van der Waals surface area contributed by atoms with Crippen molar-refractivity contribution in [3.8, 4) is 11.4 Å². The fourth-order valence-corrected chi connectivity index (χ4v) is 2.35. The van der Waals surface area contributed by atoms with Gasteiger partial charge in [-0.15, -0.1) is 0 Å². The SMILES string of the molecule is Cc1ncccc1-n1c(=O)nc(N)c2ccc(OC(F)F)cc21. The number of benzene rings is 1. The van der Waals surface area contributed by atoms with Gasteiger partial charge in [0.2, 0.25) is 0 Å². The third-order valence-electron chi connectivity index (χ3n) is 3.34. The van der Waals surface area contributed by atoms with Gasteiger partial charge < -0.3 is 10.5 Å². The Hall–Kier alpha value is -3.03. The second kappa shape index (κ2) is 5.64. The molecular weight excluding hydrogens is 306 g/mol. The molecule has 2 aromatic heterocycles. The molecular formula is C15H12F2N4O2. The van der Waals surface area contributed by atoms with Crippen molar-refractivity contribution in [3.05, 3.63) is 52.7 Å². The van der Waals surface area contributed by atoms with Gasteiger partial charge >= 0.3 is 12.3 Å². The van der Waals surface area contributed by atoms with Crippen LogP contribution < -0.4 is 16.2 Å². The number of nitrogens with zero attached hydrogens (tertiary/aromatic N) is 3. The summed E-state index contributed by atoms with van der Waals surface area (Å²) in [6, 6.07) is 7.50. The predicted octanol–water partition coefficient (Wildman–Crippen LogP) is 2.27. The molecule has 0 atom stereocenters. The Labute approximate surface area is 129 Å². The molecule has 23 heavy (non-hydrogen) atoms. The summed E-state index contributed by atoms with van der Waals surface area (Å²) in [4.78, 5) is 20.2. The number of hydrogen-bond donors (Lipinski definition) is 1. The van der Waals surface area contributed by atoms with Crippen LogP contribution in [0.5, 0.6) is 5.75 Å². The Kier molecular flexibility index (Phi) is 3.65. The van der Waals surface area contributed by atoms with Gasteiger partial charge in [-0.3, -0.25) is 9.55 Å². The Morgan fingerprint density at radius 3 is 2.78 bits per heavy atom. The van der Waals surface area contributed by atoms with E-state index in [4.69, 9.17) is 5.73 Å². The number of alkyl halides is 2. The van der Waals surface area contributed by atoms with Crippen molar-refractivity contribution in [3.63, 3.8) is 0 Å². The van der Waals surface area contributed by atoms with Crippen LogP contribution in [0.4, 0.5) is 14.6 Å². The van der Waals surface area contributed by atoms with Crippen molar-refractivity contribution in [2.24, 2.45) is 0 Å². The Morgan fingerprint density at radius 2 is 2.09 bits per heavy atom. The monoisotopic (exact) mass is 318 g/mol. The van der Waals surface area contributed by atoms with E-state index in [0.717, 1.165) is 0 Å². The first kappa shape index (κ1) is 14.9. The van der Waals surface area contributed by atoms with Crippen LogP contribution in [0.25, 0.3) is 16.6 Å². The van der Waals surface area contributed by atoms with Crippen LogP contribution in [0.3, 0.4) is 0 Å². The lowest BCUT2D eigenvalue weighted by Crippen LogP contribution is -2.24. The van der Waals surface area contributed by atoms with Crippen molar-refractivity contribution in [1.29, 1.82) is 0 Å². The van der Waals surface area contributed by atoms with E-state index in [1.165, 1.54) is 22.8 Å². The van der Waals surface area contributed by atoms with E-state index in [2.05, 4.69) is 14.7 Å². The molecule has 0 fully saturated rings. The molecule has 0 spiro atoms. The summed E-state index contributed by atoms with van der Waals surface area (Å²) in [5.74, 6) is -0.0563. The normalized spacial score (nSPS) is 11.1. The molecule has 0 aliphatic carbocycles. The summed E-state index contributed by atoms with van der Waals surface area (Å²) >= 11 is 0. The summed E-state index contributed by atoms with van der Waals surface area (Å²) in [7, 11) is 0. The van der Waals surface area contributed by atoms with Gasteiger partial charge in [0.15, 0.2) is 0 Å². The van der Waals surface area contributed by atoms with Crippen LogP contribution >= 0.6 is 0 Å². The molecule has 8 heteroatoms. The molecule has 0 aliphatic rings. The summed E-state index contributed by atoms with van der Waals surface area (Å²) in [5, 5.41) is 0.453. The van der Waals surface area contributed by atoms with E-state index in [0.29, 0.717) is 22.3 Å². The molecule has 118 valence electrons. The number of halogens is 2. The lowest BCUT2D eigenvalue weighted by molar-refractivity contribution is -0.0497. The fraction of sp³-hybridized carbons (Fsp3) is 0.133. The maximum absolute atomic E-state index is 12.4. The number of nitrogen functional groups attached to an aromatic ring is 1.